The summed E-state index contributed by atoms with van der Waals surface area (Å²) >= 11 is 0. The molecule has 0 radical (unpaired) electrons. The van der Waals surface area contributed by atoms with E-state index in [9.17, 15) is 39.2 Å². The Bertz CT molecular complexity index is 1600. The molecule has 0 saturated carbocycles. The highest BCUT2D eigenvalue weighted by atomic mass is 31.3. The van der Waals surface area contributed by atoms with E-state index in [2.05, 4.69) is 30.4 Å². The molecular weight excluding hydrogens is 662 g/mol. The largest absolute Gasteiger partial charge is 0.483 e. The third kappa shape index (κ3) is 7.75. The van der Waals surface area contributed by atoms with E-state index in [1.54, 1.807) is 0 Å². The monoisotopic (exact) mass is 695 g/mol. The number of anilines is 1. The van der Waals surface area contributed by atoms with Gasteiger partial charge in [-0.05, 0) is 13.0 Å². The van der Waals surface area contributed by atoms with Crippen molar-refractivity contribution in [3.05, 3.63) is 37.1 Å². The molecule has 0 amide bonds. The first-order valence-corrected chi connectivity index (χ1v) is 16.2. The highest BCUT2D eigenvalue weighted by molar-refractivity contribution is 7.61. The number of aromatic nitrogens is 4. The summed E-state index contributed by atoms with van der Waals surface area (Å²) < 4.78 is 58.4. The van der Waals surface area contributed by atoms with Gasteiger partial charge in [0.2, 0.25) is 0 Å². The Morgan fingerprint density at radius 2 is 1.74 bits per heavy atom. The minimum atomic E-state index is -5.29. The van der Waals surface area contributed by atoms with E-state index < -0.39 is 83.9 Å². The van der Waals surface area contributed by atoms with Gasteiger partial charge in [-0.3, -0.25) is 18.1 Å². The number of nitrogen functional groups attached to an aromatic ring is 1. The average Bonchev–Trinajstić information content (AvgIpc) is 3.65. The molecule has 254 valence electrons. The summed E-state index contributed by atoms with van der Waals surface area (Å²) in [4.78, 5) is 33.4. The summed E-state index contributed by atoms with van der Waals surface area (Å²) in [5.74, 6) is -1.21. The van der Waals surface area contributed by atoms with E-state index in [0.717, 1.165) is 24.2 Å². The van der Waals surface area contributed by atoms with Gasteiger partial charge < -0.3 is 45.6 Å². The summed E-state index contributed by atoms with van der Waals surface area (Å²) in [6, 6.07) is 0. The quantitative estimate of drug-likeness (QED) is 0.0519. The van der Waals surface area contributed by atoms with Crippen molar-refractivity contribution in [2.75, 3.05) is 26.1 Å². The summed E-state index contributed by atoms with van der Waals surface area (Å²) in [7, 11) is -9.38. The number of rotatable bonds is 14. The number of aliphatic hydroxyl groups is 4. The molecule has 2 aliphatic heterocycles. The zero-order valence-electron chi connectivity index (χ0n) is 24.2. The number of phosphoric ester groups is 2. The average molecular weight is 695 g/mol. The van der Waals surface area contributed by atoms with Crippen LogP contribution in [0, 0.1) is 0 Å². The zero-order valence-corrected chi connectivity index (χ0v) is 26.0. The van der Waals surface area contributed by atoms with E-state index in [-0.39, 0.29) is 22.6 Å². The fourth-order valence-electron chi connectivity index (χ4n) is 4.46. The number of fused-ring (bicyclic) bond motifs is 1. The minimum absolute atomic E-state index is 0.0565. The van der Waals surface area contributed by atoms with Crippen molar-refractivity contribution < 1.29 is 76.3 Å². The van der Waals surface area contributed by atoms with Crippen LogP contribution >= 0.6 is 15.6 Å². The van der Waals surface area contributed by atoms with Gasteiger partial charge in [0.25, 0.3) is 6.23 Å². The highest BCUT2D eigenvalue weighted by Crippen LogP contribution is 2.63. The standard InChI is InChI=1S/C23H32N6O15P2/c1-4-5-28(6-11(2)23(34)35)21-17(32)15(30)13(42-21)8-41-46(38,39-3)44-45(36,37)40-7-12-16(31)18(33)22(43-12)29-10-27-14-19(24)25-9-26-20(14)29/h4-6,9-10,12-13,15-18,21-22,30-33H,1,7-8H2,2-3H3,(H3-,24,25,26,34,35,36,37)/p+1/b11-6+,28-5+. The second-order valence-electron chi connectivity index (χ2n) is 9.90. The Balaban J connectivity index is 1.37. The van der Waals surface area contributed by atoms with Crippen molar-refractivity contribution >= 4 is 44.8 Å². The molecule has 2 saturated heterocycles. The van der Waals surface area contributed by atoms with Gasteiger partial charge in [-0.2, -0.15) is 8.89 Å². The Morgan fingerprint density at radius 3 is 2.39 bits per heavy atom. The van der Waals surface area contributed by atoms with E-state index in [1.165, 1.54) is 30.1 Å². The summed E-state index contributed by atoms with van der Waals surface area (Å²) in [5, 5.41) is 51.2. The zero-order chi connectivity index (χ0) is 34.0. The first kappa shape index (κ1) is 35.8. The molecule has 10 unspecified atom stereocenters. The van der Waals surface area contributed by atoms with Crippen molar-refractivity contribution in [1.82, 2.24) is 19.5 Å². The second kappa shape index (κ2) is 14.4. The van der Waals surface area contributed by atoms with Crippen molar-refractivity contribution in [3.63, 3.8) is 0 Å². The molecule has 46 heavy (non-hydrogen) atoms. The third-order valence-electron chi connectivity index (χ3n) is 6.81. The maximum atomic E-state index is 13.0. The molecule has 21 nitrogen and oxygen atoms in total. The van der Waals surface area contributed by atoms with Crippen LogP contribution in [0.25, 0.3) is 11.2 Å². The molecule has 0 aromatic carbocycles. The number of phosphoric acid groups is 2. The predicted molar refractivity (Wildman–Crippen MR) is 152 cm³/mol. The van der Waals surface area contributed by atoms with Crippen molar-refractivity contribution in [1.29, 1.82) is 0 Å². The fourth-order valence-corrected chi connectivity index (χ4v) is 6.88. The maximum Gasteiger partial charge on any atom is 0.483 e. The lowest BCUT2D eigenvalue weighted by atomic mass is 10.1. The Hall–Kier alpha value is -3.01. The van der Waals surface area contributed by atoms with E-state index in [0.29, 0.717) is 0 Å². The number of carbonyl (C=O) groups is 1. The summed E-state index contributed by atoms with van der Waals surface area (Å²) in [6.45, 7) is 3.11. The van der Waals surface area contributed by atoms with E-state index in [4.69, 9.17) is 29.4 Å². The molecular formula is C23H33N6O15P2+. The van der Waals surface area contributed by atoms with Crippen LogP contribution in [-0.4, -0.2) is 130 Å². The van der Waals surface area contributed by atoms with Gasteiger partial charge in [0.05, 0.1) is 25.1 Å². The molecule has 0 bridgehead atoms. The Labute approximate surface area is 260 Å². The molecule has 4 heterocycles. The van der Waals surface area contributed by atoms with Crippen LogP contribution in [0.2, 0.25) is 0 Å². The first-order valence-electron chi connectivity index (χ1n) is 13.2. The number of carboxylic acid groups (broad SMARTS) is 1. The van der Waals surface area contributed by atoms with Gasteiger partial charge >= 0.3 is 21.6 Å². The number of aliphatic carboxylic acids is 1. The number of nitrogens with two attached hydrogens (primary N) is 1. The van der Waals surface area contributed by atoms with Gasteiger partial charge in [-0.1, -0.05) is 6.58 Å². The number of imidazole rings is 1. The van der Waals surface area contributed by atoms with Crippen molar-refractivity contribution in [3.8, 4) is 0 Å². The van der Waals surface area contributed by atoms with Gasteiger partial charge in [0.1, 0.15) is 42.4 Å². The first-order chi connectivity index (χ1) is 21.6. The van der Waals surface area contributed by atoms with Gasteiger partial charge in [0, 0.05) is 7.11 Å². The van der Waals surface area contributed by atoms with Crippen molar-refractivity contribution in [2.24, 2.45) is 0 Å². The van der Waals surface area contributed by atoms with Gasteiger partial charge in [-0.15, -0.1) is 0 Å². The van der Waals surface area contributed by atoms with Crippen LogP contribution in [0.1, 0.15) is 13.2 Å². The molecule has 2 aromatic heterocycles. The minimum Gasteiger partial charge on any atom is -0.478 e. The van der Waals surface area contributed by atoms with Crippen LogP contribution in [0.15, 0.2) is 37.1 Å². The lowest BCUT2D eigenvalue weighted by Gasteiger charge is -2.22. The van der Waals surface area contributed by atoms with E-state index >= 15 is 0 Å². The molecule has 2 fully saturated rings. The van der Waals surface area contributed by atoms with Crippen LogP contribution in [0.5, 0.6) is 0 Å². The van der Waals surface area contributed by atoms with Crippen LogP contribution in [-0.2, 0) is 41.3 Å². The number of allylic oxidation sites excluding steroid dienone is 1. The van der Waals surface area contributed by atoms with E-state index in [1.807, 2.05) is 0 Å². The number of hydrogen-bond donors (Lipinski definition) is 7. The normalized spacial score (nSPS) is 31.5. The maximum absolute atomic E-state index is 13.0. The summed E-state index contributed by atoms with van der Waals surface area (Å²) in [5.41, 5.74) is 6.00. The molecule has 2 aromatic rings. The lowest BCUT2D eigenvalue weighted by molar-refractivity contribution is -0.558. The number of nitrogens with zero attached hydrogens (tertiary/aromatic N) is 5. The smallest absolute Gasteiger partial charge is 0.478 e. The summed E-state index contributed by atoms with van der Waals surface area (Å²) in [6.07, 6.45) is -5.88. The topological polar surface area (TPSA) is 301 Å². The van der Waals surface area contributed by atoms with Gasteiger partial charge in [0.15, 0.2) is 36.2 Å². The fraction of sp³-hybridized carbons (Fsp3) is 0.522. The highest BCUT2D eigenvalue weighted by Gasteiger charge is 2.51. The molecule has 23 heteroatoms. The molecule has 8 N–H and O–H groups in total. The van der Waals surface area contributed by atoms with Crippen LogP contribution in [0.4, 0.5) is 5.82 Å². The molecule has 10 atom stereocenters. The van der Waals surface area contributed by atoms with Crippen LogP contribution < -0.4 is 5.73 Å². The number of ether oxygens (including phenoxy) is 2. The van der Waals surface area contributed by atoms with Crippen molar-refractivity contribution in [2.45, 2.75) is 56.0 Å². The van der Waals surface area contributed by atoms with Gasteiger partial charge in [-0.25, -0.2) is 28.9 Å². The number of carboxylic acids is 1. The Kier molecular flexibility index (Phi) is 11.2. The molecule has 0 aliphatic carbocycles. The van der Waals surface area contributed by atoms with Crippen LogP contribution in [0.3, 0.4) is 0 Å². The number of aliphatic hydroxyl groups excluding tert-OH is 4. The SMILES string of the molecule is C=C/C=[N+](\C=C(/C)C(=O)O)C1OC(COP(=O)(OC)OP(=O)(O)OCC2OC(n3cnc4c(N)ncnc43)C(O)C2O)C(O)C1O. The third-order valence-corrected chi connectivity index (χ3v) is 9.83. The Morgan fingerprint density at radius 1 is 1.09 bits per heavy atom. The molecule has 4 rings (SSSR count). The predicted octanol–water partition coefficient (Wildman–Crippen LogP) is -1.36. The lowest BCUT2D eigenvalue weighted by Crippen LogP contribution is -2.38. The molecule has 2 aliphatic rings. The number of hydrogen-bond acceptors (Lipinski definition) is 17. The molecule has 0 spiro atoms. The second-order valence-corrected chi connectivity index (χ2v) is 13.3.